The molecule has 4 atom stereocenters. The van der Waals surface area contributed by atoms with Gasteiger partial charge in [-0.2, -0.15) is 4.98 Å². The average Bonchev–Trinajstić information content (AvgIpc) is 2.70. The lowest BCUT2D eigenvalue weighted by molar-refractivity contribution is -0.0625. The van der Waals surface area contributed by atoms with Crippen molar-refractivity contribution in [3.8, 4) is 0 Å². The Kier molecular flexibility index (Phi) is 3.85. The summed E-state index contributed by atoms with van der Waals surface area (Å²) >= 11 is 0. The van der Waals surface area contributed by atoms with E-state index in [1.165, 1.54) is 17.9 Å². The SMILES string of the molecule is CO[C@@H]1[C@@H](O)[C@@H](CO)O[C@H]1n1cc(C)c(N)nc1=O. The molecule has 8 nitrogen and oxygen atoms in total. The minimum atomic E-state index is -1.02. The first kappa shape index (κ1) is 13.9. The highest BCUT2D eigenvalue weighted by atomic mass is 16.6. The molecule has 1 saturated heterocycles. The molecule has 0 amide bonds. The van der Waals surface area contributed by atoms with E-state index in [4.69, 9.17) is 20.3 Å². The molecule has 106 valence electrons. The third-order valence-electron chi connectivity index (χ3n) is 3.21. The van der Waals surface area contributed by atoms with Gasteiger partial charge in [-0.1, -0.05) is 0 Å². The molecule has 0 saturated carbocycles. The summed E-state index contributed by atoms with van der Waals surface area (Å²) in [5, 5.41) is 19.0. The molecule has 1 aliphatic rings. The Morgan fingerprint density at radius 2 is 2.32 bits per heavy atom. The predicted molar refractivity (Wildman–Crippen MR) is 65.4 cm³/mol. The first-order chi connectivity index (χ1) is 8.99. The van der Waals surface area contributed by atoms with Crippen molar-refractivity contribution in [1.82, 2.24) is 9.55 Å². The summed E-state index contributed by atoms with van der Waals surface area (Å²) in [6.45, 7) is 1.34. The highest BCUT2D eigenvalue weighted by molar-refractivity contribution is 5.35. The number of nitrogens with two attached hydrogens (primary N) is 1. The highest BCUT2D eigenvalue weighted by Crippen LogP contribution is 2.30. The Bertz CT molecular complexity index is 518. The molecule has 1 aliphatic heterocycles. The topological polar surface area (TPSA) is 120 Å². The molecule has 0 unspecified atom stereocenters. The predicted octanol–water partition coefficient (Wildman–Crippen LogP) is -1.60. The molecule has 0 spiro atoms. The molecule has 0 aromatic carbocycles. The molecular weight excluding hydrogens is 254 g/mol. The number of anilines is 1. The van der Waals surface area contributed by atoms with Gasteiger partial charge in [0.2, 0.25) is 0 Å². The van der Waals surface area contributed by atoms with Crippen molar-refractivity contribution >= 4 is 5.82 Å². The highest BCUT2D eigenvalue weighted by Gasteiger charge is 2.45. The Morgan fingerprint density at radius 1 is 1.63 bits per heavy atom. The molecule has 1 aromatic rings. The second-order valence-corrected chi connectivity index (χ2v) is 4.44. The number of aliphatic hydroxyl groups excluding tert-OH is 2. The number of methoxy groups -OCH3 is 1. The van der Waals surface area contributed by atoms with Gasteiger partial charge in [0.1, 0.15) is 24.1 Å². The maximum atomic E-state index is 11.8. The van der Waals surface area contributed by atoms with Crippen LogP contribution in [0.5, 0.6) is 0 Å². The number of ether oxygens (including phenoxy) is 2. The number of hydrogen-bond acceptors (Lipinski definition) is 7. The summed E-state index contributed by atoms with van der Waals surface area (Å²) in [7, 11) is 1.40. The molecule has 0 bridgehead atoms. The summed E-state index contributed by atoms with van der Waals surface area (Å²) in [6.07, 6.45) is -1.95. The maximum absolute atomic E-state index is 11.8. The van der Waals surface area contributed by atoms with E-state index in [2.05, 4.69) is 4.98 Å². The van der Waals surface area contributed by atoms with Crippen molar-refractivity contribution in [1.29, 1.82) is 0 Å². The molecule has 0 aliphatic carbocycles. The molecule has 0 radical (unpaired) electrons. The monoisotopic (exact) mass is 271 g/mol. The van der Waals surface area contributed by atoms with Crippen LogP contribution in [0, 0.1) is 6.92 Å². The molecule has 1 aromatic heterocycles. The van der Waals surface area contributed by atoms with E-state index in [0.29, 0.717) is 5.56 Å². The quantitative estimate of drug-likeness (QED) is 0.605. The Labute approximate surface area is 109 Å². The zero-order valence-electron chi connectivity index (χ0n) is 10.7. The number of aromatic nitrogens is 2. The minimum absolute atomic E-state index is 0.146. The summed E-state index contributed by atoms with van der Waals surface area (Å²) in [5.41, 5.74) is 5.56. The smallest absolute Gasteiger partial charge is 0.351 e. The van der Waals surface area contributed by atoms with Crippen molar-refractivity contribution in [3.05, 3.63) is 22.2 Å². The van der Waals surface area contributed by atoms with Crippen LogP contribution < -0.4 is 11.4 Å². The summed E-state index contributed by atoms with van der Waals surface area (Å²) in [4.78, 5) is 15.5. The van der Waals surface area contributed by atoms with Gasteiger partial charge in [0.25, 0.3) is 0 Å². The number of aliphatic hydroxyl groups is 2. The van der Waals surface area contributed by atoms with E-state index < -0.39 is 30.2 Å². The van der Waals surface area contributed by atoms with Gasteiger partial charge in [0, 0.05) is 18.9 Å². The van der Waals surface area contributed by atoms with Gasteiger partial charge < -0.3 is 25.4 Å². The third-order valence-corrected chi connectivity index (χ3v) is 3.21. The van der Waals surface area contributed by atoms with Gasteiger partial charge in [-0.25, -0.2) is 4.79 Å². The van der Waals surface area contributed by atoms with Gasteiger partial charge in [-0.05, 0) is 6.92 Å². The van der Waals surface area contributed by atoms with Gasteiger partial charge in [-0.15, -0.1) is 0 Å². The van der Waals surface area contributed by atoms with Crippen LogP contribution in [-0.4, -0.2) is 51.8 Å². The lowest BCUT2D eigenvalue weighted by Crippen LogP contribution is -2.37. The standard InChI is InChI=1S/C11H17N3O5/c1-5-3-14(11(17)13-9(5)12)10-8(18-2)7(16)6(4-15)19-10/h3,6-8,10,15-16H,4H2,1-2H3,(H2,12,13,17)/t6-,7+,8-,10-/m1/s1. The molecule has 19 heavy (non-hydrogen) atoms. The van der Waals surface area contributed by atoms with Crippen molar-refractivity contribution in [2.75, 3.05) is 19.5 Å². The van der Waals surface area contributed by atoms with Crippen LogP contribution in [-0.2, 0) is 9.47 Å². The van der Waals surface area contributed by atoms with Gasteiger partial charge >= 0.3 is 5.69 Å². The van der Waals surface area contributed by atoms with Gasteiger partial charge in [0.15, 0.2) is 6.23 Å². The van der Waals surface area contributed by atoms with Crippen LogP contribution in [0.1, 0.15) is 11.8 Å². The van der Waals surface area contributed by atoms with Crippen molar-refractivity contribution in [2.45, 2.75) is 31.5 Å². The Balaban J connectivity index is 2.41. The lowest BCUT2D eigenvalue weighted by atomic mass is 10.1. The van der Waals surface area contributed by atoms with E-state index in [1.54, 1.807) is 6.92 Å². The van der Waals surface area contributed by atoms with Crippen molar-refractivity contribution < 1.29 is 19.7 Å². The molecule has 4 N–H and O–H groups in total. The number of aryl methyl sites for hydroxylation is 1. The Hall–Kier alpha value is -1.48. The van der Waals surface area contributed by atoms with E-state index in [0.717, 1.165) is 0 Å². The van der Waals surface area contributed by atoms with E-state index in [1.807, 2.05) is 0 Å². The number of hydrogen-bond donors (Lipinski definition) is 3. The second-order valence-electron chi connectivity index (χ2n) is 4.44. The summed E-state index contributed by atoms with van der Waals surface area (Å²) < 4.78 is 11.8. The molecule has 2 heterocycles. The first-order valence-corrected chi connectivity index (χ1v) is 5.82. The number of nitrogen functional groups attached to an aromatic ring is 1. The molecule has 8 heteroatoms. The zero-order valence-corrected chi connectivity index (χ0v) is 10.7. The van der Waals surface area contributed by atoms with E-state index in [9.17, 15) is 9.90 Å². The van der Waals surface area contributed by atoms with Crippen molar-refractivity contribution in [2.24, 2.45) is 0 Å². The van der Waals surface area contributed by atoms with Crippen LogP contribution in [0.15, 0.2) is 11.0 Å². The van der Waals surface area contributed by atoms with E-state index in [-0.39, 0.29) is 12.4 Å². The van der Waals surface area contributed by atoms with Gasteiger partial charge in [-0.3, -0.25) is 4.57 Å². The fourth-order valence-corrected chi connectivity index (χ4v) is 2.11. The normalized spacial score (nSPS) is 30.7. The fraction of sp³-hybridized carbons (Fsp3) is 0.636. The minimum Gasteiger partial charge on any atom is -0.394 e. The zero-order chi connectivity index (χ0) is 14.2. The lowest BCUT2D eigenvalue weighted by Gasteiger charge is -2.20. The fourth-order valence-electron chi connectivity index (χ4n) is 2.11. The van der Waals surface area contributed by atoms with Crippen LogP contribution in [0.2, 0.25) is 0 Å². The summed E-state index contributed by atoms with van der Waals surface area (Å²) in [6, 6.07) is 0. The molecular formula is C11H17N3O5. The Morgan fingerprint density at radius 3 is 2.89 bits per heavy atom. The largest absolute Gasteiger partial charge is 0.394 e. The second kappa shape index (κ2) is 5.25. The average molecular weight is 271 g/mol. The first-order valence-electron chi connectivity index (χ1n) is 5.82. The van der Waals surface area contributed by atoms with Crippen LogP contribution in [0.3, 0.4) is 0 Å². The van der Waals surface area contributed by atoms with E-state index >= 15 is 0 Å². The van der Waals surface area contributed by atoms with Crippen molar-refractivity contribution in [3.63, 3.8) is 0 Å². The number of nitrogens with zero attached hydrogens (tertiary/aromatic N) is 2. The number of rotatable bonds is 3. The van der Waals surface area contributed by atoms with Gasteiger partial charge in [0.05, 0.1) is 6.61 Å². The molecule has 1 fully saturated rings. The maximum Gasteiger partial charge on any atom is 0.351 e. The third kappa shape index (κ3) is 2.35. The molecule has 2 rings (SSSR count). The van der Waals surface area contributed by atoms with Crippen LogP contribution in [0.4, 0.5) is 5.82 Å². The van der Waals surface area contributed by atoms with Crippen LogP contribution in [0.25, 0.3) is 0 Å². The van der Waals surface area contributed by atoms with Crippen LogP contribution >= 0.6 is 0 Å². The summed E-state index contributed by atoms with van der Waals surface area (Å²) in [5.74, 6) is 0.146.